The number of piperidine rings is 1. The van der Waals surface area contributed by atoms with Crippen LogP contribution >= 0.6 is 0 Å². The quantitative estimate of drug-likeness (QED) is 0.732. The van der Waals surface area contributed by atoms with Gasteiger partial charge in [0.1, 0.15) is 0 Å². The second-order valence-corrected chi connectivity index (χ2v) is 3.87. The first-order valence-electron chi connectivity index (χ1n) is 5.10. The number of hydrogen-bond donors (Lipinski definition) is 1. The molecular weight excluding hydrogens is 174 g/mol. The molecule has 0 saturated carbocycles. The van der Waals surface area contributed by atoms with Crippen molar-refractivity contribution in [1.29, 1.82) is 0 Å². The van der Waals surface area contributed by atoms with Crippen molar-refractivity contribution in [2.45, 2.75) is 25.8 Å². The Hall–Kier alpha value is -1.15. The van der Waals surface area contributed by atoms with E-state index in [1.807, 2.05) is 12.1 Å². The zero-order valence-electron chi connectivity index (χ0n) is 8.42. The lowest BCUT2D eigenvalue weighted by atomic mass is 9.95. The molecule has 1 aliphatic rings. The maximum atomic E-state index is 11.6. The van der Waals surface area contributed by atoms with Crippen LogP contribution in [0.1, 0.15) is 30.0 Å². The molecule has 1 aromatic rings. The highest BCUT2D eigenvalue weighted by Crippen LogP contribution is 2.20. The summed E-state index contributed by atoms with van der Waals surface area (Å²) in [5, 5.41) is 3.26. The molecule has 0 aromatic heterocycles. The molecule has 0 aliphatic carbocycles. The van der Waals surface area contributed by atoms with Gasteiger partial charge in [-0.15, -0.1) is 0 Å². The lowest BCUT2D eigenvalue weighted by Gasteiger charge is -2.22. The fourth-order valence-electron chi connectivity index (χ4n) is 1.92. The number of Topliss-reactive ketones (excluding diaryl/α,β-unsaturated/α-hetero) is 1. The minimum absolute atomic E-state index is 0.0661. The lowest BCUT2D eigenvalue weighted by Crippen LogP contribution is -2.34. The van der Waals surface area contributed by atoms with Gasteiger partial charge in [0, 0.05) is 6.42 Å². The monoisotopic (exact) mass is 189 g/mol. The summed E-state index contributed by atoms with van der Waals surface area (Å²) in [5.74, 6) is 0.321. The van der Waals surface area contributed by atoms with Crippen molar-refractivity contribution < 1.29 is 4.79 Å². The van der Waals surface area contributed by atoms with Gasteiger partial charge in [-0.2, -0.15) is 0 Å². The summed E-state index contributed by atoms with van der Waals surface area (Å²) in [5.41, 5.74) is 2.32. The topological polar surface area (TPSA) is 29.1 Å². The molecule has 1 heterocycles. The Balaban J connectivity index is 2.24. The zero-order chi connectivity index (χ0) is 9.97. The van der Waals surface area contributed by atoms with Crippen LogP contribution in [0.2, 0.25) is 0 Å². The van der Waals surface area contributed by atoms with E-state index in [0.29, 0.717) is 12.2 Å². The van der Waals surface area contributed by atoms with E-state index in [0.717, 1.165) is 18.5 Å². The predicted molar refractivity (Wildman–Crippen MR) is 56.2 cm³/mol. The number of rotatable bonds is 1. The van der Waals surface area contributed by atoms with E-state index in [2.05, 4.69) is 24.4 Å². The molecule has 0 bridgehead atoms. The van der Waals surface area contributed by atoms with Crippen LogP contribution < -0.4 is 5.32 Å². The van der Waals surface area contributed by atoms with Crippen molar-refractivity contribution >= 4 is 5.78 Å². The molecule has 1 saturated heterocycles. The molecule has 1 aliphatic heterocycles. The van der Waals surface area contributed by atoms with E-state index in [1.54, 1.807) is 0 Å². The molecule has 0 radical (unpaired) electrons. The molecule has 1 aromatic carbocycles. The normalized spacial score (nSPS) is 22.4. The van der Waals surface area contributed by atoms with E-state index in [9.17, 15) is 4.79 Å². The van der Waals surface area contributed by atoms with Gasteiger partial charge < -0.3 is 5.32 Å². The lowest BCUT2D eigenvalue weighted by molar-refractivity contribution is -0.122. The summed E-state index contributed by atoms with van der Waals surface area (Å²) in [7, 11) is 0. The van der Waals surface area contributed by atoms with Crippen LogP contribution in [0.3, 0.4) is 0 Å². The second-order valence-electron chi connectivity index (χ2n) is 3.87. The molecule has 2 heteroatoms. The summed E-state index contributed by atoms with van der Waals surface area (Å²) < 4.78 is 0. The third-order valence-electron chi connectivity index (χ3n) is 2.65. The van der Waals surface area contributed by atoms with E-state index in [1.165, 1.54) is 5.56 Å². The van der Waals surface area contributed by atoms with Crippen molar-refractivity contribution in [2.75, 3.05) is 6.54 Å². The first-order chi connectivity index (χ1) is 6.77. The van der Waals surface area contributed by atoms with Crippen molar-refractivity contribution in [3.63, 3.8) is 0 Å². The van der Waals surface area contributed by atoms with Crippen LogP contribution in [-0.4, -0.2) is 12.3 Å². The smallest absolute Gasteiger partial charge is 0.154 e. The Kier molecular flexibility index (Phi) is 2.64. The Morgan fingerprint density at radius 3 is 3.00 bits per heavy atom. The van der Waals surface area contributed by atoms with Crippen molar-refractivity contribution in [2.24, 2.45) is 0 Å². The number of benzene rings is 1. The number of aryl methyl sites for hydroxylation is 1. The highest BCUT2D eigenvalue weighted by molar-refractivity contribution is 5.86. The van der Waals surface area contributed by atoms with Gasteiger partial charge in [-0.05, 0) is 25.5 Å². The number of carbonyl (C=O) groups excluding carboxylic acids is 1. The molecule has 74 valence electrons. The Labute approximate surface area is 84.3 Å². The first-order valence-corrected chi connectivity index (χ1v) is 5.10. The Morgan fingerprint density at radius 2 is 2.29 bits per heavy atom. The van der Waals surface area contributed by atoms with Gasteiger partial charge in [-0.25, -0.2) is 0 Å². The van der Waals surface area contributed by atoms with Gasteiger partial charge in [-0.3, -0.25) is 4.79 Å². The summed E-state index contributed by atoms with van der Waals surface area (Å²) in [6.07, 6.45) is 1.69. The molecule has 1 N–H and O–H groups in total. The minimum Gasteiger partial charge on any atom is -0.304 e. The molecule has 14 heavy (non-hydrogen) atoms. The zero-order valence-corrected chi connectivity index (χ0v) is 8.42. The van der Waals surface area contributed by atoms with Crippen LogP contribution in [0.25, 0.3) is 0 Å². The highest BCUT2D eigenvalue weighted by atomic mass is 16.1. The fourth-order valence-corrected chi connectivity index (χ4v) is 1.92. The maximum absolute atomic E-state index is 11.6. The summed E-state index contributed by atoms with van der Waals surface area (Å²) >= 11 is 0. The Morgan fingerprint density at radius 1 is 1.43 bits per heavy atom. The van der Waals surface area contributed by atoms with Crippen molar-refractivity contribution in [3.05, 3.63) is 35.4 Å². The van der Waals surface area contributed by atoms with Crippen LogP contribution in [0.15, 0.2) is 24.3 Å². The highest BCUT2D eigenvalue weighted by Gasteiger charge is 2.22. The average molecular weight is 189 g/mol. The molecule has 0 amide bonds. The van der Waals surface area contributed by atoms with Crippen LogP contribution in [0, 0.1) is 6.92 Å². The van der Waals surface area contributed by atoms with Crippen LogP contribution in [0.5, 0.6) is 0 Å². The van der Waals surface area contributed by atoms with Gasteiger partial charge in [-0.1, -0.05) is 29.8 Å². The van der Waals surface area contributed by atoms with E-state index in [-0.39, 0.29) is 6.04 Å². The number of hydrogen-bond acceptors (Lipinski definition) is 2. The number of carbonyl (C=O) groups is 1. The van der Waals surface area contributed by atoms with Gasteiger partial charge in [0.25, 0.3) is 0 Å². The molecule has 1 atom stereocenters. The molecule has 0 spiro atoms. The molecule has 2 nitrogen and oxygen atoms in total. The molecule has 1 unspecified atom stereocenters. The molecular formula is C12H15NO. The standard InChI is InChI=1S/C12H15NO/c1-9-4-2-5-10(8-9)12-11(14)6-3-7-13-12/h2,4-5,8,12-13H,3,6-7H2,1H3. The number of nitrogens with one attached hydrogen (secondary N) is 1. The average Bonchev–Trinajstić information content (AvgIpc) is 2.18. The number of ketones is 1. The third kappa shape index (κ3) is 1.85. The van der Waals surface area contributed by atoms with Gasteiger partial charge >= 0.3 is 0 Å². The van der Waals surface area contributed by atoms with E-state index in [4.69, 9.17) is 0 Å². The van der Waals surface area contributed by atoms with Crippen molar-refractivity contribution in [3.8, 4) is 0 Å². The first kappa shape index (κ1) is 9.41. The van der Waals surface area contributed by atoms with Crippen LogP contribution in [-0.2, 0) is 4.79 Å². The van der Waals surface area contributed by atoms with Crippen LogP contribution in [0.4, 0.5) is 0 Å². The Bertz CT molecular complexity index is 346. The largest absolute Gasteiger partial charge is 0.304 e. The third-order valence-corrected chi connectivity index (χ3v) is 2.65. The van der Waals surface area contributed by atoms with Gasteiger partial charge in [0.2, 0.25) is 0 Å². The maximum Gasteiger partial charge on any atom is 0.154 e. The second kappa shape index (κ2) is 3.93. The SMILES string of the molecule is Cc1cccc(C2NCCCC2=O)c1. The van der Waals surface area contributed by atoms with Crippen molar-refractivity contribution in [1.82, 2.24) is 5.32 Å². The fraction of sp³-hybridized carbons (Fsp3) is 0.417. The van der Waals surface area contributed by atoms with E-state index < -0.39 is 0 Å². The van der Waals surface area contributed by atoms with Gasteiger partial charge in [0.15, 0.2) is 5.78 Å². The molecule has 2 rings (SSSR count). The minimum atomic E-state index is -0.0661. The summed E-state index contributed by atoms with van der Waals surface area (Å²) in [6.45, 7) is 3.00. The summed E-state index contributed by atoms with van der Waals surface area (Å²) in [4.78, 5) is 11.6. The van der Waals surface area contributed by atoms with Gasteiger partial charge in [0.05, 0.1) is 6.04 Å². The molecule has 1 fully saturated rings. The van der Waals surface area contributed by atoms with E-state index >= 15 is 0 Å². The summed E-state index contributed by atoms with van der Waals surface area (Å²) in [6, 6.07) is 8.10. The predicted octanol–water partition coefficient (Wildman–Crippen LogP) is 1.99.